The molecule has 5 heteroatoms. The van der Waals surface area contributed by atoms with Crippen molar-refractivity contribution in [2.45, 2.75) is 65.0 Å². The number of benzene rings is 1. The lowest BCUT2D eigenvalue weighted by Gasteiger charge is -2.37. The smallest absolute Gasteiger partial charge is 0.226 e. The van der Waals surface area contributed by atoms with Gasteiger partial charge in [0.1, 0.15) is 6.10 Å². The summed E-state index contributed by atoms with van der Waals surface area (Å²) in [6.07, 6.45) is 3.81. The fourth-order valence-electron chi connectivity index (χ4n) is 3.66. The van der Waals surface area contributed by atoms with Gasteiger partial charge in [0, 0.05) is 32.1 Å². The number of nitrogens with one attached hydrogen (secondary N) is 1. The first kappa shape index (κ1) is 18.9. The average Bonchev–Trinajstić information content (AvgIpc) is 3.11. The van der Waals surface area contributed by atoms with Crippen LogP contribution in [0, 0.1) is 12.3 Å². The van der Waals surface area contributed by atoms with Crippen LogP contribution in [0.3, 0.4) is 0 Å². The summed E-state index contributed by atoms with van der Waals surface area (Å²) < 4.78 is 5.52. The molecule has 2 heterocycles. The third-order valence-electron chi connectivity index (χ3n) is 5.66. The molecule has 0 unspecified atom stereocenters. The number of amides is 1. The van der Waals surface area contributed by atoms with E-state index >= 15 is 0 Å². The Hall–Kier alpha value is -1.88. The fraction of sp³-hybridized carbons (Fsp3) is 0.619. The minimum atomic E-state index is -0.412. The summed E-state index contributed by atoms with van der Waals surface area (Å²) in [7, 11) is 0. The number of hydrogen-bond acceptors (Lipinski definition) is 4. The first-order chi connectivity index (χ1) is 12.5. The van der Waals surface area contributed by atoms with E-state index in [4.69, 9.17) is 9.57 Å². The second kappa shape index (κ2) is 8.21. The van der Waals surface area contributed by atoms with Crippen LogP contribution in [0.25, 0.3) is 0 Å². The lowest BCUT2D eigenvalue weighted by atomic mass is 9.74. The van der Waals surface area contributed by atoms with Crippen molar-refractivity contribution < 1.29 is 14.4 Å². The topological polar surface area (TPSA) is 59.9 Å². The summed E-state index contributed by atoms with van der Waals surface area (Å²) >= 11 is 0. The molecule has 0 spiro atoms. The molecule has 1 aromatic rings. The second-order valence-electron chi connectivity index (χ2n) is 7.72. The first-order valence-corrected chi connectivity index (χ1v) is 9.71. The Morgan fingerprint density at radius 2 is 2.00 bits per heavy atom. The molecule has 5 nitrogen and oxygen atoms in total. The molecule has 2 aliphatic rings. The number of rotatable bonds is 6. The van der Waals surface area contributed by atoms with E-state index in [1.54, 1.807) is 0 Å². The van der Waals surface area contributed by atoms with Crippen LogP contribution in [-0.2, 0) is 14.4 Å². The number of carbonyl (C=O) groups is 1. The fourth-order valence-corrected chi connectivity index (χ4v) is 3.66. The summed E-state index contributed by atoms with van der Waals surface area (Å²) in [6, 6.07) is 8.53. The van der Waals surface area contributed by atoms with Crippen LogP contribution in [0.15, 0.2) is 29.4 Å². The van der Waals surface area contributed by atoms with Gasteiger partial charge in [-0.15, -0.1) is 0 Å². The highest BCUT2D eigenvalue weighted by Crippen LogP contribution is 2.38. The van der Waals surface area contributed by atoms with E-state index in [0.29, 0.717) is 19.6 Å². The summed E-state index contributed by atoms with van der Waals surface area (Å²) in [5, 5.41) is 7.48. The van der Waals surface area contributed by atoms with Crippen LogP contribution in [0.1, 0.15) is 57.1 Å². The Labute approximate surface area is 156 Å². The molecule has 1 saturated heterocycles. The lowest BCUT2D eigenvalue weighted by Crippen LogP contribution is -2.48. The molecule has 26 heavy (non-hydrogen) atoms. The van der Waals surface area contributed by atoms with E-state index in [2.05, 4.69) is 55.5 Å². The van der Waals surface area contributed by atoms with Crippen molar-refractivity contribution in [3.05, 3.63) is 35.4 Å². The molecule has 2 atom stereocenters. The Balaban J connectivity index is 1.66. The van der Waals surface area contributed by atoms with E-state index < -0.39 is 5.41 Å². The molecule has 1 aromatic carbocycles. The van der Waals surface area contributed by atoms with Gasteiger partial charge < -0.3 is 14.9 Å². The minimum Gasteiger partial charge on any atom is -0.392 e. The van der Waals surface area contributed by atoms with Gasteiger partial charge in [-0.3, -0.25) is 4.79 Å². The normalized spacial score (nSPS) is 23.0. The van der Waals surface area contributed by atoms with Crippen molar-refractivity contribution in [1.29, 1.82) is 0 Å². The molecule has 142 valence electrons. The zero-order valence-electron chi connectivity index (χ0n) is 16.1. The Bertz CT molecular complexity index is 648. The van der Waals surface area contributed by atoms with Crippen molar-refractivity contribution in [2.24, 2.45) is 10.6 Å². The van der Waals surface area contributed by atoms with Gasteiger partial charge in [-0.05, 0) is 38.7 Å². The maximum Gasteiger partial charge on any atom is 0.226 e. The van der Waals surface area contributed by atoms with Crippen LogP contribution in [0.5, 0.6) is 0 Å². The number of carbonyl (C=O) groups excluding carboxylic acids is 1. The van der Waals surface area contributed by atoms with Crippen molar-refractivity contribution in [1.82, 2.24) is 5.32 Å². The van der Waals surface area contributed by atoms with E-state index in [0.717, 1.165) is 37.0 Å². The third kappa shape index (κ3) is 4.26. The van der Waals surface area contributed by atoms with Crippen LogP contribution in [-0.4, -0.2) is 37.0 Å². The van der Waals surface area contributed by atoms with Gasteiger partial charge in [-0.1, -0.05) is 41.9 Å². The maximum absolute atomic E-state index is 13.0. The molecule has 1 N–H and O–H groups in total. The predicted octanol–water partition coefficient (Wildman–Crippen LogP) is 3.59. The largest absolute Gasteiger partial charge is 0.392 e. The maximum atomic E-state index is 13.0. The van der Waals surface area contributed by atoms with Gasteiger partial charge in [-0.25, -0.2) is 0 Å². The highest BCUT2D eigenvalue weighted by molar-refractivity contribution is 6.01. The zero-order valence-corrected chi connectivity index (χ0v) is 16.1. The van der Waals surface area contributed by atoms with Gasteiger partial charge >= 0.3 is 0 Å². The summed E-state index contributed by atoms with van der Waals surface area (Å²) in [6.45, 7) is 7.47. The summed E-state index contributed by atoms with van der Waals surface area (Å²) in [5.41, 5.74) is 2.89. The highest BCUT2D eigenvalue weighted by Gasteiger charge is 2.43. The van der Waals surface area contributed by atoms with E-state index in [9.17, 15) is 4.79 Å². The number of hydrogen-bond donors (Lipinski definition) is 1. The average molecular weight is 358 g/mol. The van der Waals surface area contributed by atoms with E-state index in [-0.39, 0.29) is 18.1 Å². The van der Waals surface area contributed by atoms with Gasteiger partial charge in [0.15, 0.2) is 0 Å². The predicted molar refractivity (Wildman–Crippen MR) is 102 cm³/mol. The summed E-state index contributed by atoms with van der Waals surface area (Å²) in [4.78, 5) is 18.7. The lowest BCUT2D eigenvalue weighted by molar-refractivity contribution is -0.140. The molecule has 0 aliphatic carbocycles. The van der Waals surface area contributed by atoms with Crippen LogP contribution >= 0.6 is 0 Å². The first-order valence-electron chi connectivity index (χ1n) is 9.71. The SMILES string of the molecule is CC[C@@H](C)NC(=O)C1(C[C@H]2CC(c3ccc(C)cc3)=NO2)CCOCC1. The number of oxime groups is 1. The summed E-state index contributed by atoms with van der Waals surface area (Å²) in [5.74, 6) is 0.141. The van der Waals surface area contributed by atoms with Gasteiger partial charge in [0.05, 0.1) is 11.1 Å². The Morgan fingerprint density at radius 3 is 2.65 bits per heavy atom. The molecule has 2 aliphatic heterocycles. The molecular weight excluding hydrogens is 328 g/mol. The standard InChI is InChI=1S/C21H30N2O3/c1-4-16(3)22-20(24)21(9-11-25-12-10-21)14-18-13-19(23-26-18)17-7-5-15(2)6-8-17/h5-8,16,18H,4,9-14H2,1-3H3,(H,22,24)/t16-,18-/m1/s1. The molecule has 0 saturated carbocycles. The quantitative estimate of drug-likeness (QED) is 0.845. The number of nitrogens with zero attached hydrogens (tertiary/aromatic N) is 1. The number of ether oxygens (including phenoxy) is 1. The molecule has 0 aromatic heterocycles. The Kier molecular flexibility index (Phi) is 5.97. The Morgan fingerprint density at radius 1 is 1.31 bits per heavy atom. The van der Waals surface area contributed by atoms with Crippen molar-refractivity contribution in [3.8, 4) is 0 Å². The molecule has 1 fully saturated rings. The molecule has 0 radical (unpaired) electrons. The van der Waals surface area contributed by atoms with Gasteiger partial charge in [0.2, 0.25) is 5.91 Å². The van der Waals surface area contributed by atoms with Crippen LogP contribution in [0.4, 0.5) is 0 Å². The third-order valence-corrected chi connectivity index (χ3v) is 5.66. The zero-order chi connectivity index (χ0) is 18.6. The molecule has 3 rings (SSSR count). The molecular formula is C21H30N2O3. The number of aryl methyl sites for hydroxylation is 1. The molecule has 0 bridgehead atoms. The van der Waals surface area contributed by atoms with Crippen molar-refractivity contribution in [2.75, 3.05) is 13.2 Å². The van der Waals surface area contributed by atoms with E-state index in [1.165, 1.54) is 5.56 Å². The highest BCUT2D eigenvalue weighted by atomic mass is 16.6. The molecule has 1 amide bonds. The van der Waals surface area contributed by atoms with Crippen molar-refractivity contribution in [3.63, 3.8) is 0 Å². The minimum absolute atomic E-state index is 0.0490. The second-order valence-corrected chi connectivity index (χ2v) is 7.72. The van der Waals surface area contributed by atoms with Crippen LogP contribution < -0.4 is 5.32 Å². The van der Waals surface area contributed by atoms with Crippen LogP contribution in [0.2, 0.25) is 0 Å². The van der Waals surface area contributed by atoms with Gasteiger partial charge in [0.25, 0.3) is 0 Å². The van der Waals surface area contributed by atoms with Gasteiger partial charge in [-0.2, -0.15) is 0 Å². The monoisotopic (exact) mass is 358 g/mol. The van der Waals surface area contributed by atoms with Crippen molar-refractivity contribution >= 4 is 11.6 Å². The van der Waals surface area contributed by atoms with E-state index in [1.807, 2.05) is 0 Å².